The van der Waals surface area contributed by atoms with Gasteiger partial charge in [0.25, 0.3) is 11.8 Å². The van der Waals surface area contributed by atoms with E-state index in [1.165, 1.54) is 11.1 Å². The quantitative estimate of drug-likeness (QED) is 0.692. The Kier molecular flexibility index (Phi) is 5.24. The van der Waals surface area contributed by atoms with Crippen LogP contribution in [-0.4, -0.2) is 11.8 Å². The number of fused-ring (bicyclic) bond motifs is 1. The van der Waals surface area contributed by atoms with Gasteiger partial charge in [-0.3, -0.25) is 9.59 Å². The summed E-state index contributed by atoms with van der Waals surface area (Å²) in [5, 5.41) is 5.76. The summed E-state index contributed by atoms with van der Waals surface area (Å²) in [6.07, 6.45) is 4.89. The van der Waals surface area contributed by atoms with E-state index in [4.69, 9.17) is 4.42 Å². The van der Waals surface area contributed by atoms with Crippen molar-refractivity contribution in [3.8, 4) is 0 Å². The Morgan fingerprint density at radius 2 is 1.61 bits per heavy atom. The standard InChI is InChI=1S/C23H22N2O3/c26-22(25-15-21-8-3-11-28-21)19-7-1-4-16(12-19)14-24-23(27)20-10-9-17-5-2-6-18(17)13-20/h1,3-4,7-13H,2,5-6,14-15H2,(H,24,27)(H,25,26). The maximum atomic E-state index is 12.5. The number of amides is 2. The van der Waals surface area contributed by atoms with Gasteiger partial charge in [-0.05, 0) is 72.4 Å². The van der Waals surface area contributed by atoms with Crippen LogP contribution in [0.2, 0.25) is 0 Å². The zero-order valence-corrected chi connectivity index (χ0v) is 15.5. The molecule has 0 aliphatic heterocycles. The molecule has 5 heteroatoms. The molecule has 0 fully saturated rings. The summed E-state index contributed by atoms with van der Waals surface area (Å²) in [4.78, 5) is 24.8. The molecule has 5 nitrogen and oxygen atoms in total. The lowest BCUT2D eigenvalue weighted by atomic mass is 10.1. The molecule has 0 spiro atoms. The van der Waals surface area contributed by atoms with E-state index < -0.39 is 0 Å². The van der Waals surface area contributed by atoms with Gasteiger partial charge in [-0.2, -0.15) is 0 Å². The zero-order valence-electron chi connectivity index (χ0n) is 15.5. The Morgan fingerprint density at radius 1 is 0.821 bits per heavy atom. The van der Waals surface area contributed by atoms with E-state index in [-0.39, 0.29) is 11.8 Å². The van der Waals surface area contributed by atoms with Crippen LogP contribution in [0.15, 0.2) is 65.3 Å². The summed E-state index contributed by atoms with van der Waals surface area (Å²) in [6.45, 7) is 0.709. The number of benzene rings is 2. The predicted octanol–water partition coefficient (Wildman–Crippen LogP) is 3.63. The third kappa shape index (κ3) is 4.14. The fourth-order valence-corrected chi connectivity index (χ4v) is 3.50. The van der Waals surface area contributed by atoms with Gasteiger partial charge in [0.05, 0.1) is 12.8 Å². The first-order valence-corrected chi connectivity index (χ1v) is 9.48. The number of rotatable bonds is 6. The molecule has 0 radical (unpaired) electrons. The minimum atomic E-state index is -0.178. The first-order chi connectivity index (χ1) is 13.7. The molecular formula is C23H22N2O3. The van der Waals surface area contributed by atoms with Crippen molar-refractivity contribution >= 4 is 11.8 Å². The third-order valence-electron chi connectivity index (χ3n) is 5.01. The van der Waals surface area contributed by atoms with Gasteiger partial charge in [0.1, 0.15) is 5.76 Å². The van der Waals surface area contributed by atoms with Crippen LogP contribution < -0.4 is 10.6 Å². The number of hydrogen-bond donors (Lipinski definition) is 2. The van der Waals surface area contributed by atoms with Crippen LogP contribution >= 0.6 is 0 Å². The monoisotopic (exact) mass is 374 g/mol. The molecule has 0 unspecified atom stereocenters. The third-order valence-corrected chi connectivity index (χ3v) is 5.01. The van der Waals surface area contributed by atoms with Crippen LogP contribution in [0.4, 0.5) is 0 Å². The van der Waals surface area contributed by atoms with Crippen LogP contribution in [0.3, 0.4) is 0 Å². The Morgan fingerprint density at radius 3 is 2.43 bits per heavy atom. The number of carbonyl (C=O) groups is 2. The van der Waals surface area contributed by atoms with Crippen molar-refractivity contribution in [2.45, 2.75) is 32.4 Å². The van der Waals surface area contributed by atoms with Crippen molar-refractivity contribution in [2.24, 2.45) is 0 Å². The van der Waals surface area contributed by atoms with Crippen molar-refractivity contribution in [3.63, 3.8) is 0 Å². The highest BCUT2D eigenvalue weighted by atomic mass is 16.3. The molecule has 0 bridgehead atoms. The maximum Gasteiger partial charge on any atom is 0.251 e. The van der Waals surface area contributed by atoms with Crippen molar-refractivity contribution in [2.75, 3.05) is 0 Å². The van der Waals surface area contributed by atoms with Gasteiger partial charge in [-0.15, -0.1) is 0 Å². The van der Waals surface area contributed by atoms with E-state index in [1.54, 1.807) is 24.5 Å². The fourth-order valence-electron chi connectivity index (χ4n) is 3.50. The molecule has 1 aromatic heterocycles. The van der Waals surface area contributed by atoms with Crippen molar-refractivity contribution in [3.05, 3.63) is 94.4 Å². The highest BCUT2D eigenvalue weighted by molar-refractivity contribution is 5.95. The first kappa shape index (κ1) is 18.0. The van der Waals surface area contributed by atoms with E-state index in [0.29, 0.717) is 30.0 Å². The second-order valence-corrected chi connectivity index (χ2v) is 6.98. The lowest BCUT2D eigenvalue weighted by Gasteiger charge is -2.09. The van der Waals surface area contributed by atoms with Crippen molar-refractivity contribution < 1.29 is 14.0 Å². The topological polar surface area (TPSA) is 71.3 Å². The average molecular weight is 374 g/mol. The van der Waals surface area contributed by atoms with Crippen LogP contribution in [0.1, 0.15) is 49.6 Å². The highest BCUT2D eigenvalue weighted by Gasteiger charge is 2.14. The minimum Gasteiger partial charge on any atom is -0.467 e. The average Bonchev–Trinajstić information content (AvgIpc) is 3.41. The number of nitrogens with one attached hydrogen (secondary N) is 2. The Labute approximate surface area is 163 Å². The molecular weight excluding hydrogens is 352 g/mol. The molecule has 0 atom stereocenters. The molecule has 3 aromatic rings. The maximum absolute atomic E-state index is 12.5. The SMILES string of the molecule is O=C(NCc1cccc(C(=O)NCc2ccco2)c1)c1ccc2c(c1)CCC2. The molecule has 2 amide bonds. The van der Waals surface area contributed by atoms with Gasteiger partial charge in [0.15, 0.2) is 0 Å². The van der Waals surface area contributed by atoms with Gasteiger partial charge >= 0.3 is 0 Å². The minimum absolute atomic E-state index is 0.0950. The fraction of sp³-hybridized carbons (Fsp3) is 0.217. The van der Waals surface area contributed by atoms with E-state index in [0.717, 1.165) is 24.8 Å². The summed E-state index contributed by atoms with van der Waals surface area (Å²) >= 11 is 0. The van der Waals surface area contributed by atoms with Crippen molar-refractivity contribution in [1.29, 1.82) is 0 Å². The normalized spacial score (nSPS) is 12.4. The van der Waals surface area contributed by atoms with E-state index in [1.807, 2.05) is 30.3 Å². The Hall–Kier alpha value is -3.34. The summed E-state index contributed by atoms with van der Waals surface area (Å²) in [7, 11) is 0. The molecule has 0 saturated carbocycles. The van der Waals surface area contributed by atoms with Crippen LogP contribution in [-0.2, 0) is 25.9 Å². The van der Waals surface area contributed by atoms with E-state index in [9.17, 15) is 9.59 Å². The second-order valence-electron chi connectivity index (χ2n) is 6.98. The number of aryl methyl sites for hydroxylation is 2. The van der Waals surface area contributed by atoms with Gasteiger partial charge < -0.3 is 15.1 Å². The van der Waals surface area contributed by atoms with Crippen LogP contribution in [0.25, 0.3) is 0 Å². The molecule has 142 valence electrons. The Balaban J connectivity index is 1.35. The smallest absolute Gasteiger partial charge is 0.251 e. The molecule has 4 rings (SSSR count). The van der Waals surface area contributed by atoms with E-state index in [2.05, 4.69) is 16.7 Å². The Bertz CT molecular complexity index is 993. The van der Waals surface area contributed by atoms with Gasteiger partial charge in [-0.25, -0.2) is 0 Å². The molecule has 2 N–H and O–H groups in total. The molecule has 1 aliphatic rings. The van der Waals surface area contributed by atoms with Crippen LogP contribution in [0.5, 0.6) is 0 Å². The van der Waals surface area contributed by atoms with Gasteiger partial charge in [0.2, 0.25) is 0 Å². The summed E-state index contributed by atoms with van der Waals surface area (Å²) < 4.78 is 5.22. The number of furan rings is 1. The summed E-state index contributed by atoms with van der Waals surface area (Å²) in [5.41, 5.74) is 4.75. The summed E-state index contributed by atoms with van der Waals surface area (Å²) in [5.74, 6) is 0.427. The zero-order chi connectivity index (χ0) is 19.3. The van der Waals surface area contributed by atoms with E-state index >= 15 is 0 Å². The molecule has 1 aliphatic carbocycles. The lowest BCUT2D eigenvalue weighted by molar-refractivity contribution is 0.0943. The van der Waals surface area contributed by atoms with Crippen molar-refractivity contribution in [1.82, 2.24) is 10.6 Å². The first-order valence-electron chi connectivity index (χ1n) is 9.48. The summed E-state index contributed by atoms with van der Waals surface area (Å²) in [6, 6.07) is 16.8. The number of hydrogen-bond acceptors (Lipinski definition) is 3. The van der Waals surface area contributed by atoms with Gasteiger partial charge in [0, 0.05) is 17.7 Å². The second kappa shape index (κ2) is 8.13. The van der Waals surface area contributed by atoms with Crippen LogP contribution in [0, 0.1) is 0 Å². The highest BCUT2D eigenvalue weighted by Crippen LogP contribution is 2.22. The number of carbonyl (C=O) groups excluding carboxylic acids is 2. The largest absolute Gasteiger partial charge is 0.467 e. The predicted molar refractivity (Wildman–Crippen MR) is 106 cm³/mol. The van der Waals surface area contributed by atoms with Gasteiger partial charge in [-0.1, -0.05) is 18.2 Å². The molecule has 28 heavy (non-hydrogen) atoms. The molecule has 1 heterocycles. The molecule has 2 aromatic carbocycles. The molecule has 0 saturated heterocycles. The lowest BCUT2D eigenvalue weighted by Crippen LogP contribution is -2.24.